The number of halogens is 1. The Labute approximate surface area is 148 Å². The fraction of sp³-hybridized carbons (Fsp3) is 0.350. The van der Waals surface area contributed by atoms with Crippen molar-refractivity contribution >= 4 is 17.2 Å². The molecule has 0 radical (unpaired) electrons. The van der Waals surface area contributed by atoms with Gasteiger partial charge >= 0.3 is 0 Å². The van der Waals surface area contributed by atoms with E-state index < -0.39 is 0 Å². The van der Waals surface area contributed by atoms with Crippen LogP contribution in [0.5, 0.6) is 0 Å². The third kappa shape index (κ3) is 3.63. The van der Waals surface area contributed by atoms with Gasteiger partial charge in [-0.25, -0.2) is 4.98 Å². The van der Waals surface area contributed by atoms with Crippen molar-refractivity contribution in [3.8, 4) is 11.3 Å². The number of pyridine rings is 1. The van der Waals surface area contributed by atoms with E-state index >= 15 is 0 Å². The number of benzene rings is 1. The van der Waals surface area contributed by atoms with E-state index in [0.29, 0.717) is 0 Å². The molecule has 3 rings (SSSR count). The lowest BCUT2D eigenvalue weighted by atomic mass is 10.1. The van der Waals surface area contributed by atoms with E-state index in [1.807, 2.05) is 18.2 Å². The summed E-state index contributed by atoms with van der Waals surface area (Å²) < 4.78 is 2.21. The predicted molar refractivity (Wildman–Crippen MR) is 101 cm³/mol. The van der Waals surface area contributed by atoms with Crippen LogP contribution >= 0.6 is 11.6 Å². The Morgan fingerprint density at radius 2 is 1.88 bits per heavy atom. The minimum atomic E-state index is 0.752. The molecule has 0 aliphatic heterocycles. The van der Waals surface area contributed by atoms with Crippen LogP contribution in [0.4, 0.5) is 0 Å². The van der Waals surface area contributed by atoms with Gasteiger partial charge in [0.05, 0.1) is 11.4 Å². The molecule has 0 saturated heterocycles. The van der Waals surface area contributed by atoms with Crippen LogP contribution < -0.4 is 0 Å². The van der Waals surface area contributed by atoms with E-state index in [2.05, 4.69) is 53.6 Å². The molecule has 4 heteroatoms. The van der Waals surface area contributed by atoms with Gasteiger partial charge in [0.1, 0.15) is 5.65 Å². The molecule has 2 aromatic heterocycles. The summed E-state index contributed by atoms with van der Waals surface area (Å²) in [6.45, 7) is 7.52. The van der Waals surface area contributed by atoms with Crippen LogP contribution in [0.2, 0.25) is 5.02 Å². The van der Waals surface area contributed by atoms with Gasteiger partial charge in [0.15, 0.2) is 0 Å². The van der Waals surface area contributed by atoms with Crippen LogP contribution in [-0.2, 0) is 6.54 Å². The Kier molecular flexibility index (Phi) is 5.54. The number of rotatable bonds is 7. The molecule has 24 heavy (non-hydrogen) atoms. The number of aromatic nitrogens is 2. The summed E-state index contributed by atoms with van der Waals surface area (Å²) >= 11 is 6.05. The average molecular weight is 342 g/mol. The second-order valence-corrected chi connectivity index (χ2v) is 6.50. The zero-order chi connectivity index (χ0) is 16.9. The van der Waals surface area contributed by atoms with E-state index in [4.69, 9.17) is 16.6 Å². The average Bonchev–Trinajstić information content (AvgIpc) is 2.97. The molecule has 0 atom stereocenters. The monoisotopic (exact) mass is 341 g/mol. The Bertz CT molecular complexity index is 792. The first-order chi connectivity index (χ1) is 11.7. The number of unbranched alkanes of at least 4 members (excludes halogenated alkanes) is 1. The van der Waals surface area contributed by atoms with Gasteiger partial charge in [-0.1, -0.05) is 50.1 Å². The summed E-state index contributed by atoms with van der Waals surface area (Å²) in [5.41, 5.74) is 4.40. The van der Waals surface area contributed by atoms with Gasteiger partial charge < -0.3 is 4.40 Å². The lowest BCUT2D eigenvalue weighted by molar-refractivity contribution is 0.272. The van der Waals surface area contributed by atoms with Crippen molar-refractivity contribution in [2.75, 3.05) is 13.1 Å². The predicted octanol–water partition coefficient (Wildman–Crippen LogP) is 5.28. The van der Waals surface area contributed by atoms with Crippen molar-refractivity contribution in [2.24, 2.45) is 0 Å². The van der Waals surface area contributed by atoms with Crippen molar-refractivity contribution in [1.29, 1.82) is 0 Å². The van der Waals surface area contributed by atoms with Gasteiger partial charge in [0, 0.05) is 23.3 Å². The van der Waals surface area contributed by atoms with Crippen LogP contribution in [0.25, 0.3) is 16.9 Å². The van der Waals surface area contributed by atoms with Crippen LogP contribution in [0.3, 0.4) is 0 Å². The molecule has 0 spiro atoms. The van der Waals surface area contributed by atoms with Crippen LogP contribution in [0.15, 0.2) is 48.7 Å². The molecule has 3 aromatic rings. The highest BCUT2D eigenvalue weighted by atomic mass is 35.5. The zero-order valence-electron chi connectivity index (χ0n) is 14.4. The maximum absolute atomic E-state index is 6.05. The van der Waals surface area contributed by atoms with Gasteiger partial charge in [-0.2, -0.15) is 0 Å². The molecule has 2 heterocycles. The van der Waals surface area contributed by atoms with Crippen molar-refractivity contribution < 1.29 is 0 Å². The molecule has 0 saturated carbocycles. The Hall–Kier alpha value is -1.84. The molecule has 0 bridgehead atoms. The highest BCUT2D eigenvalue weighted by Crippen LogP contribution is 2.27. The molecule has 3 nitrogen and oxygen atoms in total. The number of hydrogen-bond donors (Lipinski definition) is 0. The molecule has 0 N–H and O–H groups in total. The molecule has 126 valence electrons. The van der Waals surface area contributed by atoms with Crippen molar-refractivity contribution in [3.05, 3.63) is 59.4 Å². The number of fused-ring (bicyclic) bond motifs is 1. The quantitative estimate of drug-likeness (QED) is 0.583. The normalized spacial score (nSPS) is 11.5. The third-order valence-electron chi connectivity index (χ3n) is 4.40. The van der Waals surface area contributed by atoms with E-state index in [-0.39, 0.29) is 0 Å². The fourth-order valence-corrected chi connectivity index (χ4v) is 3.11. The van der Waals surface area contributed by atoms with Crippen molar-refractivity contribution in [1.82, 2.24) is 14.3 Å². The Balaban J connectivity index is 2.03. The van der Waals surface area contributed by atoms with E-state index in [1.165, 1.54) is 18.5 Å². The highest BCUT2D eigenvalue weighted by molar-refractivity contribution is 6.30. The zero-order valence-corrected chi connectivity index (χ0v) is 15.1. The number of hydrogen-bond acceptors (Lipinski definition) is 2. The molecular formula is C20H24ClN3. The maximum atomic E-state index is 6.05. The summed E-state index contributed by atoms with van der Waals surface area (Å²) in [7, 11) is 0. The minimum Gasteiger partial charge on any atom is -0.302 e. The Morgan fingerprint density at radius 1 is 1.08 bits per heavy atom. The van der Waals surface area contributed by atoms with Crippen molar-refractivity contribution in [2.45, 2.75) is 33.2 Å². The van der Waals surface area contributed by atoms with E-state index in [1.54, 1.807) is 0 Å². The summed E-state index contributed by atoms with van der Waals surface area (Å²) in [6, 6.07) is 14.1. The molecule has 0 fully saturated rings. The molecule has 1 aromatic carbocycles. The van der Waals surface area contributed by atoms with Crippen LogP contribution in [0.1, 0.15) is 32.4 Å². The molecule has 0 unspecified atom stereocenters. The first-order valence-corrected chi connectivity index (χ1v) is 9.05. The topological polar surface area (TPSA) is 20.5 Å². The summed E-state index contributed by atoms with van der Waals surface area (Å²) in [5, 5.41) is 0.752. The van der Waals surface area contributed by atoms with Gasteiger partial charge in [0.2, 0.25) is 0 Å². The molecule has 0 aliphatic rings. The number of nitrogens with zero attached hydrogens (tertiary/aromatic N) is 3. The lowest BCUT2D eigenvalue weighted by Crippen LogP contribution is -2.25. The van der Waals surface area contributed by atoms with Gasteiger partial charge in [0.25, 0.3) is 0 Å². The first-order valence-electron chi connectivity index (χ1n) is 8.67. The maximum Gasteiger partial charge on any atom is 0.137 e. The van der Waals surface area contributed by atoms with Gasteiger partial charge in [-0.05, 0) is 43.8 Å². The number of imidazole rings is 1. The second-order valence-electron chi connectivity index (χ2n) is 6.07. The molecular weight excluding hydrogens is 318 g/mol. The van der Waals surface area contributed by atoms with Gasteiger partial charge in [-0.3, -0.25) is 4.90 Å². The summed E-state index contributed by atoms with van der Waals surface area (Å²) in [6.07, 6.45) is 4.54. The Morgan fingerprint density at radius 3 is 2.58 bits per heavy atom. The lowest BCUT2D eigenvalue weighted by Gasteiger charge is -2.20. The second kappa shape index (κ2) is 7.82. The standard InChI is InChI=1S/C20H24ClN3/c1-3-5-13-23(4-2)15-18-20(16-9-11-17(21)12-10-16)22-19-8-6-7-14-24(18)19/h6-12,14H,3-5,13,15H2,1-2H3. The van der Waals surface area contributed by atoms with Gasteiger partial charge in [-0.15, -0.1) is 0 Å². The summed E-state index contributed by atoms with van der Waals surface area (Å²) in [5.74, 6) is 0. The first kappa shape index (κ1) is 17.0. The van der Waals surface area contributed by atoms with Crippen molar-refractivity contribution in [3.63, 3.8) is 0 Å². The molecule has 0 aliphatic carbocycles. The largest absolute Gasteiger partial charge is 0.302 e. The minimum absolute atomic E-state index is 0.752. The van der Waals surface area contributed by atoms with E-state index in [9.17, 15) is 0 Å². The smallest absolute Gasteiger partial charge is 0.137 e. The molecule has 0 amide bonds. The van der Waals surface area contributed by atoms with E-state index in [0.717, 1.165) is 41.6 Å². The highest BCUT2D eigenvalue weighted by Gasteiger charge is 2.16. The van der Waals surface area contributed by atoms with Crippen LogP contribution in [0, 0.1) is 0 Å². The third-order valence-corrected chi connectivity index (χ3v) is 4.65. The van der Waals surface area contributed by atoms with Crippen LogP contribution in [-0.4, -0.2) is 27.4 Å². The SMILES string of the molecule is CCCCN(CC)Cc1c(-c2ccc(Cl)cc2)nc2ccccn12. The fourth-order valence-electron chi connectivity index (χ4n) is 2.98. The summed E-state index contributed by atoms with van der Waals surface area (Å²) in [4.78, 5) is 7.36.